The number of carboxylic acid groups (broad SMARTS) is 1. The van der Waals surface area contributed by atoms with Gasteiger partial charge >= 0.3 is 5.97 Å². The molecule has 0 amide bonds. The summed E-state index contributed by atoms with van der Waals surface area (Å²) in [5.41, 5.74) is -0.278. The number of phenolic OH excluding ortho intramolecular Hbond substituents is 1. The fraction of sp³-hybridized carbons (Fsp3) is 0.100. The van der Waals surface area contributed by atoms with Crippen LogP contribution in [0.3, 0.4) is 0 Å². The Morgan fingerprint density at radius 2 is 1.86 bits per heavy atom. The number of aryl methyl sites for hydroxylation is 1. The number of hydrogen-bond donors (Lipinski definition) is 2. The van der Waals surface area contributed by atoms with Gasteiger partial charge in [-0.25, -0.2) is 13.6 Å². The molecule has 2 N–H and O–H groups in total. The van der Waals surface area contributed by atoms with Crippen molar-refractivity contribution in [1.82, 2.24) is 0 Å². The molecule has 0 bridgehead atoms. The molecule has 2 aromatic carbocycles. The van der Waals surface area contributed by atoms with Crippen molar-refractivity contribution in [3.8, 4) is 16.2 Å². The SMILES string of the molecule is Cc1ccc(-c2scc(CC(=O)c3cc(Cl)ccc3O)c2C(=O)O)c(F)c1F. The minimum absolute atomic E-state index is 0.0158. The highest BCUT2D eigenvalue weighted by atomic mass is 35.5. The summed E-state index contributed by atoms with van der Waals surface area (Å²) in [5.74, 6) is -4.40. The van der Waals surface area contributed by atoms with E-state index in [9.17, 15) is 28.6 Å². The van der Waals surface area contributed by atoms with Crippen LogP contribution in [0.25, 0.3) is 10.4 Å². The van der Waals surface area contributed by atoms with Crippen LogP contribution in [0.2, 0.25) is 5.02 Å². The van der Waals surface area contributed by atoms with E-state index in [-0.39, 0.29) is 49.9 Å². The summed E-state index contributed by atoms with van der Waals surface area (Å²) in [6.45, 7) is 1.40. The maximum atomic E-state index is 14.3. The molecule has 4 nitrogen and oxygen atoms in total. The molecule has 0 unspecified atom stereocenters. The highest BCUT2D eigenvalue weighted by molar-refractivity contribution is 7.14. The van der Waals surface area contributed by atoms with Crippen LogP contribution in [0.4, 0.5) is 8.78 Å². The van der Waals surface area contributed by atoms with Crippen molar-refractivity contribution in [2.24, 2.45) is 0 Å². The molecule has 3 aromatic rings. The van der Waals surface area contributed by atoms with Crippen LogP contribution in [-0.2, 0) is 6.42 Å². The molecule has 1 heterocycles. The third-order valence-electron chi connectivity index (χ3n) is 4.21. The molecule has 0 fully saturated rings. The monoisotopic (exact) mass is 422 g/mol. The van der Waals surface area contributed by atoms with Crippen molar-refractivity contribution >= 4 is 34.7 Å². The van der Waals surface area contributed by atoms with Crippen LogP contribution >= 0.6 is 22.9 Å². The Labute approximate surface area is 167 Å². The Bertz CT molecular complexity index is 1110. The van der Waals surface area contributed by atoms with Crippen LogP contribution in [0.1, 0.15) is 31.8 Å². The predicted octanol–water partition coefficient (Wildman–Crippen LogP) is 5.48. The molecule has 0 atom stereocenters. The Morgan fingerprint density at radius 1 is 1.14 bits per heavy atom. The van der Waals surface area contributed by atoms with Gasteiger partial charge in [-0.2, -0.15) is 0 Å². The van der Waals surface area contributed by atoms with E-state index in [0.29, 0.717) is 0 Å². The first-order chi connectivity index (χ1) is 13.2. The van der Waals surface area contributed by atoms with Crippen molar-refractivity contribution in [2.75, 3.05) is 0 Å². The second kappa shape index (κ2) is 7.69. The largest absolute Gasteiger partial charge is 0.507 e. The van der Waals surface area contributed by atoms with E-state index >= 15 is 0 Å². The molecule has 0 saturated heterocycles. The highest BCUT2D eigenvalue weighted by Crippen LogP contribution is 2.37. The van der Waals surface area contributed by atoms with E-state index < -0.39 is 23.4 Å². The first-order valence-electron chi connectivity index (χ1n) is 8.01. The molecule has 1 aromatic heterocycles. The lowest BCUT2D eigenvalue weighted by Crippen LogP contribution is -2.08. The summed E-state index contributed by atoms with van der Waals surface area (Å²) < 4.78 is 28.3. The average molecular weight is 423 g/mol. The first-order valence-corrected chi connectivity index (χ1v) is 9.26. The van der Waals surface area contributed by atoms with Gasteiger partial charge in [0.2, 0.25) is 0 Å². The number of halogens is 3. The van der Waals surface area contributed by atoms with Crippen LogP contribution in [0.5, 0.6) is 5.75 Å². The van der Waals surface area contributed by atoms with Crippen LogP contribution in [-0.4, -0.2) is 22.0 Å². The summed E-state index contributed by atoms with van der Waals surface area (Å²) in [6.07, 6.45) is -0.345. The van der Waals surface area contributed by atoms with Gasteiger partial charge < -0.3 is 10.2 Å². The standard InChI is InChI=1S/C20H13ClF2O4S/c1-9-2-4-12(18(23)17(9)22)19-16(20(26)27)10(8-28-19)6-15(25)13-7-11(21)3-5-14(13)24/h2-5,7-8,24H,6H2,1H3,(H,26,27). The average Bonchev–Trinajstić information content (AvgIpc) is 3.05. The molecule has 0 aliphatic rings. The van der Waals surface area contributed by atoms with Gasteiger partial charge in [0, 0.05) is 17.0 Å². The zero-order chi connectivity index (χ0) is 20.6. The number of aromatic hydroxyl groups is 1. The number of aromatic carboxylic acids is 1. The van der Waals surface area contributed by atoms with Gasteiger partial charge in [-0.05, 0) is 41.6 Å². The van der Waals surface area contributed by atoms with Gasteiger partial charge in [-0.3, -0.25) is 4.79 Å². The molecule has 0 radical (unpaired) electrons. The van der Waals surface area contributed by atoms with Gasteiger partial charge in [0.25, 0.3) is 0 Å². The fourth-order valence-electron chi connectivity index (χ4n) is 2.78. The van der Waals surface area contributed by atoms with E-state index in [2.05, 4.69) is 0 Å². The first kappa shape index (κ1) is 20.0. The zero-order valence-electron chi connectivity index (χ0n) is 14.4. The number of carbonyl (C=O) groups is 2. The van der Waals surface area contributed by atoms with E-state index in [4.69, 9.17) is 11.6 Å². The van der Waals surface area contributed by atoms with Gasteiger partial charge in [0.05, 0.1) is 16.0 Å². The number of phenols is 1. The van der Waals surface area contributed by atoms with Crippen molar-refractivity contribution in [3.05, 3.63) is 74.6 Å². The van der Waals surface area contributed by atoms with Crippen molar-refractivity contribution in [2.45, 2.75) is 13.3 Å². The molecule has 8 heteroatoms. The normalized spacial score (nSPS) is 10.9. The topological polar surface area (TPSA) is 74.6 Å². The molecule has 3 rings (SSSR count). The molecule has 0 saturated carbocycles. The van der Waals surface area contributed by atoms with Crippen molar-refractivity contribution in [3.63, 3.8) is 0 Å². The molecule has 144 valence electrons. The lowest BCUT2D eigenvalue weighted by molar-refractivity contribution is 0.0697. The van der Waals surface area contributed by atoms with Crippen molar-refractivity contribution in [1.29, 1.82) is 0 Å². The van der Waals surface area contributed by atoms with Gasteiger partial charge in [-0.15, -0.1) is 11.3 Å². The number of ketones is 1. The number of carbonyl (C=O) groups excluding carboxylic acids is 1. The van der Waals surface area contributed by atoms with E-state index in [1.54, 1.807) is 0 Å². The summed E-state index contributed by atoms with van der Waals surface area (Å²) in [5, 5.41) is 21.1. The van der Waals surface area contributed by atoms with Gasteiger partial charge in [0.1, 0.15) is 5.75 Å². The second-order valence-electron chi connectivity index (χ2n) is 6.09. The third-order valence-corrected chi connectivity index (χ3v) is 5.51. The molecule has 0 spiro atoms. The lowest BCUT2D eigenvalue weighted by Gasteiger charge is -2.07. The smallest absolute Gasteiger partial charge is 0.337 e. The summed E-state index contributed by atoms with van der Waals surface area (Å²) in [4.78, 5) is 24.3. The molecule has 0 aliphatic heterocycles. The molecule has 28 heavy (non-hydrogen) atoms. The number of benzene rings is 2. The minimum atomic E-state index is -1.37. The van der Waals surface area contributed by atoms with Crippen LogP contribution in [0, 0.1) is 18.6 Å². The quantitative estimate of drug-likeness (QED) is 0.533. The van der Waals surface area contributed by atoms with E-state index in [0.717, 1.165) is 11.3 Å². The fourth-order valence-corrected chi connectivity index (χ4v) is 4.03. The Morgan fingerprint density at radius 3 is 2.54 bits per heavy atom. The highest BCUT2D eigenvalue weighted by Gasteiger charge is 2.25. The number of hydrogen-bond acceptors (Lipinski definition) is 4. The number of thiophene rings is 1. The summed E-state index contributed by atoms with van der Waals surface area (Å²) >= 11 is 6.74. The Kier molecular flexibility index (Phi) is 5.49. The number of rotatable bonds is 5. The maximum absolute atomic E-state index is 14.3. The molecular formula is C20H13ClF2O4S. The zero-order valence-corrected chi connectivity index (χ0v) is 16.0. The van der Waals surface area contributed by atoms with E-state index in [1.165, 1.54) is 42.6 Å². The second-order valence-corrected chi connectivity index (χ2v) is 7.41. The maximum Gasteiger partial charge on any atom is 0.337 e. The Hall–Kier alpha value is -2.77. The van der Waals surface area contributed by atoms with E-state index in [1.807, 2.05) is 0 Å². The van der Waals surface area contributed by atoms with Crippen LogP contribution in [0.15, 0.2) is 35.7 Å². The Balaban J connectivity index is 2.05. The summed E-state index contributed by atoms with van der Waals surface area (Å²) in [7, 11) is 0. The summed E-state index contributed by atoms with van der Waals surface area (Å²) in [6, 6.07) is 6.61. The minimum Gasteiger partial charge on any atom is -0.507 e. The van der Waals surface area contributed by atoms with Crippen LogP contribution < -0.4 is 0 Å². The van der Waals surface area contributed by atoms with Crippen molar-refractivity contribution < 1.29 is 28.6 Å². The third kappa shape index (κ3) is 3.63. The molecule has 0 aliphatic carbocycles. The number of carboxylic acids is 1. The van der Waals surface area contributed by atoms with Gasteiger partial charge in [0.15, 0.2) is 17.4 Å². The molecular weight excluding hydrogens is 410 g/mol. The predicted molar refractivity (Wildman–Crippen MR) is 103 cm³/mol. The van der Waals surface area contributed by atoms with Gasteiger partial charge in [-0.1, -0.05) is 23.7 Å². The lowest BCUT2D eigenvalue weighted by atomic mass is 9.98. The number of Topliss-reactive ketones (excluding diaryl/α,β-unsaturated/α-hetero) is 1.